The number of carboxylic acid groups (broad SMARTS) is 1. The number of hydrogen-bond donors (Lipinski definition) is 2. The summed E-state index contributed by atoms with van der Waals surface area (Å²) in [6.45, 7) is 0. The molecule has 5 nitrogen and oxygen atoms in total. The van der Waals surface area contributed by atoms with Gasteiger partial charge in [0, 0.05) is 0 Å². The Hall–Kier alpha value is -2.82. The molecule has 0 amide bonds. The normalized spacial score (nSPS) is 10.7. The number of rotatable bonds is 3. The number of benzene rings is 2. The van der Waals surface area contributed by atoms with Crippen LogP contribution in [-0.4, -0.2) is 28.2 Å². The van der Waals surface area contributed by atoms with Gasteiger partial charge in [0.25, 0.3) is 0 Å². The molecular formula is C15H12N2O3. The monoisotopic (exact) mass is 268 g/mol. The number of carboxylic acids is 1. The summed E-state index contributed by atoms with van der Waals surface area (Å²) in [6, 6.07) is 13.3. The van der Waals surface area contributed by atoms with Gasteiger partial charge in [-0.1, -0.05) is 18.2 Å². The number of carbonyl (C=O) groups is 1. The SMILES string of the molecule is COc1ccc(-c2ccc3nc(C(=O)O)[nH]c3c2)cc1. The molecule has 0 atom stereocenters. The average molecular weight is 268 g/mol. The van der Waals surface area contributed by atoms with E-state index in [1.807, 2.05) is 36.4 Å². The zero-order valence-corrected chi connectivity index (χ0v) is 10.8. The molecule has 0 bridgehead atoms. The highest BCUT2D eigenvalue weighted by atomic mass is 16.5. The van der Waals surface area contributed by atoms with Crippen molar-refractivity contribution >= 4 is 17.0 Å². The molecule has 20 heavy (non-hydrogen) atoms. The average Bonchev–Trinajstić information content (AvgIpc) is 2.90. The van der Waals surface area contributed by atoms with Crippen LogP contribution in [0, 0.1) is 0 Å². The van der Waals surface area contributed by atoms with Crippen LogP contribution in [0.1, 0.15) is 10.6 Å². The third-order valence-electron chi connectivity index (χ3n) is 3.11. The van der Waals surface area contributed by atoms with Crippen LogP contribution in [0.3, 0.4) is 0 Å². The minimum atomic E-state index is -1.06. The minimum Gasteiger partial charge on any atom is -0.497 e. The van der Waals surface area contributed by atoms with E-state index >= 15 is 0 Å². The van der Waals surface area contributed by atoms with Crippen molar-refractivity contribution in [3.63, 3.8) is 0 Å². The lowest BCUT2D eigenvalue weighted by Gasteiger charge is -2.03. The summed E-state index contributed by atoms with van der Waals surface area (Å²) in [5.74, 6) is -0.316. The number of H-pyrrole nitrogens is 1. The van der Waals surface area contributed by atoms with Crippen LogP contribution in [0.25, 0.3) is 22.2 Å². The summed E-state index contributed by atoms with van der Waals surface area (Å²) in [6.07, 6.45) is 0. The van der Waals surface area contributed by atoms with E-state index in [1.54, 1.807) is 13.2 Å². The van der Waals surface area contributed by atoms with Gasteiger partial charge in [0.15, 0.2) is 0 Å². The number of methoxy groups -OCH3 is 1. The zero-order valence-electron chi connectivity index (χ0n) is 10.8. The van der Waals surface area contributed by atoms with E-state index in [2.05, 4.69) is 9.97 Å². The molecule has 3 rings (SSSR count). The molecule has 0 fully saturated rings. The zero-order chi connectivity index (χ0) is 14.1. The number of aromatic carboxylic acids is 1. The van der Waals surface area contributed by atoms with E-state index in [0.717, 1.165) is 16.9 Å². The Morgan fingerprint density at radius 3 is 2.50 bits per heavy atom. The van der Waals surface area contributed by atoms with Crippen LogP contribution in [-0.2, 0) is 0 Å². The van der Waals surface area contributed by atoms with Gasteiger partial charge < -0.3 is 14.8 Å². The molecule has 2 N–H and O–H groups in total. The predicted octanol–water partition coefficient (Wildman–Crippen LogP) is 2.94. The Kier molecular flexibility index (Phi) is 2.87. The fraction of sp³-hybridized carbons (Fsp3) is 0.0667. The predicted molar refractivity (Wildman–Crippen MR) is 75.0 cm³/mol. The van der Waals surface area contributed by atoms with E-state index in [4.69, 9.17) is 9.84 Å². The maximum absolute atomic E-state index is 10.9. The van der Waals surface area contributed by atoms with Gasteiger partial charge in [-0.05, 0) is 35.4 Å². The van der Waals surface area contributed by atoms with Crippen molar-refractivity contribution in [2.45, 2.75) is 0 Å². The highest BCUT2D eigenvalue weighted by Gasteiger charge is 2.10. The van der Waals surface area contributed by atoms with E-state index in [9.17, 15) is 4.79 Å². The molecule has 0 aliphatic carbocycles. The van der Waals surface area contributed by atoms with Crippen LogP contribution in [0.15, 0.2) is 42.5 Å². The van der Waals surface area contributed by atoms with E-state index in [0.29, 0.717) is 11.0 Å². The summed E-state index contributed by atoms with van der Waals surface area (Å²) in [4.78, 5) is 17.7. The molecular weight excluding hydrogens is 256 g/mol. The molecule has 5 heteroatoms. The smallest absolute Gasteiger partial charge is 0.371 e. The van der Waals surface area contributed by atoms with Crippen molar-refractivity contribution in [1.29, 1.82) is 0 Å². The van der Waals surface area contributed by atoms with Gasteiger partial charge in [0.2, 0.25) is 5.82 Å². The first kappa shape index (κ1) is 12.2. The van der Waals surface area contributed by atoms with Gasteiger partial charge in [-0.2, -0.15) is 0 Å². The number of nitrogens with one attached hydrogen (secondary N) is 1. The molecule has 2 aromatic carbocycles. The van der Waals surface area contributed by atoms with Crippen LogP contribution in [0.4, 0.5) is 0 Å². The lowest BCUT2D eigenvalue weighted by Crippen LogP contribution is -1.97. The molecule has 0 unspecified atom stereocenters. The molecule has 3 aromatic rings. The topological polar surface area (TPSA) is 75.2 Å². The van der Waals surface area contributed by atoms with Gasteiger partial charge in [-0.15, -0.1) is 0 Å². The van der Waals surface area contributed by atoms with Crippen molar-refractivity contribution in [1.82, 2.24) is 9.97 Å². The number of fused-ring (bicyclic) bond motifs is 1. The first-order valence-electron chi connectivity index (χ1n) is 6.05. The van der Waals surface area contributed by atoms with Crippen molar-refractivity contribution in [3.05, 3.63) is 48.3 Å². The fourth-order valence-electron chi connectivity index (χ4n) is 2.07. The number of nitrogens with zero attached hydrogens (tertiary/aromatic N) is 1. The Bertz CT molecular complexity index is 775. The molecule has 0 saturated carbocycles. The molecule has 1 heterocycles. The molecule has 0 saturated heterocycles. The van der Waals surface area contributed by atoms with Crippen molar-refractivity contribution in [3.8, 4) is 16.9 Å². The van der Waals surface area contributed by atoms with Gasteiger partial charge in [-0.25, -0.2) is 9.78 Å². The van der Waals surface area contributed by atoms with Crippen LogP contribution >= 0.6 is 0 Å². The van der Waals surface area contributed by atoms with Crippen molar-refractivity contribution in [2.75, 3.05) is 7.11 Å². The van der Waals surface area contributed by atoms with Gasteiger partial charge >= 0.3 is 5.97 Å². The van der Waals surface area contributed by atoms with Crippen LogP contribution in [0.2, 0.25) is 0 Å². The van der Waals surface area contributed by atoms with Crippen LogP contribution < -0.4 is 4.74 Å². The molecule has 0 aliphatic heterocycles. The first-order valence-corrected chi connectivity index (χ1v) is 6.05. The van der Waals surface area contributed by atoms with Gasteiger partial charge in [-0.3, -0.25) is 0 Å². The highest BCUT2D eigenvalue weighted by Crippen LogP contribution is 2.25. The minimum absolute atomic E-state index is 0.0492. The highest BCUT2D eigenvalue weighted by molar-refractivity contribution is 5.90. The van der Waals surface area contributed by atoms with Gasteiger partial charge in [0.05, 0.1) is 18.1 Å². The Labute approximate surface area is 114 Å². The third kappa shape index (κ3) is 2.09. The van der Waals surface area contributed by atoms with E-state index in [1.165, 1.54) is 0 Å². The van der Waals surface area contributed by atoms with Crippen molar-refractivity contribution in [2.24, 2.45) is 0 Å². The second-order valence-electron chi connectivity index (χ2n) is 4.35. The van der Waals surface area contributed by atoms with E-state index < -0.39 is 5.97 Å². The number of imidazole rings is 1. The first-order chi connectivity index (χ1) is 9.67. The molecule has 1 aromatic heterocycles. The summed E-state index contributed by atoms with van der Waals surface area (Å²) < 4.78 is 5.12. The fourth-order valence-corrected chi connectivity index (χ4v) is 2.07. The summed E-state index contributed by atoms with van der Waals surface area (Å²) in [7, 11) is 1.62. The summed E-state index contributed by atoms with van der Waals surface area (Å²) in [5.41, 5.74) is 3.36. The largest absolute Gasteiger partial charge is 0.497 e. The second-order valence-corrected chi connectivity index (χ2v) is 4.35. The summed E-state index contributed by atoms with van der Waals surface area (Å²) in [5, 5.41) is 8.92. The lowest BCUT2D eigenvalue weighted by molar-refractivity contribution is 0.0685. The molecule has 100 valence electrons. The number of hydrogen-bond acceptors (Lipinski definition) is 3. The van der Waals surface area contributed by atoms with Crippen molar-refractivity contribution < 1.29 is 14.6 Å². The maximum atomic E-state index is 10.9. The summed E-state index contributed by atoms with van der Waals surface area (Å²) >= 11 is 0. The Balaban J connectivity index is 2.04. The molecule has 0 aliphatic rings. The third-order valence-corrected chi connectivity index (χ3v) is 3.11. The van der Waals surface area contributed by atoms with E-state index in [-0.39, 0.29) is 5.82 Å². The second kappa shape index (κ2) is 4.70. The Morgan fingerprint density at radius 1 is 1.15 bits per heavy atom. The Morgan fingerprint density at radius 2 is 1.85 bits per heavy atom. The lowest BCUT2D eigenvalue weighted by atomic mass is 10.1. The number of ether oxygens (including phenoxy) is 1. The number of aromatic amines is 1. The molecule has 0 radical (unpaired) electrons. The van der Waals surface area contributed by atoms with Gasteiger partial charge in [0.1, 0.15) is 5.75 Å². The van der Waals surface area contributed by atoms with Crippen LogP contribution in [0.5, 0.6) is 5.75 Å². The number of aromatic nitrogens is 2. The molecule has 0 spiro atoms. The standard InChI is InChI=1S/C15H12N2O3/c1-20-11-5-2-9(3-6-11)10-4-7-12-13(8-10)17-14(16-12)15(18)19/h2-8H,1H3,(H,16,17)(H,18,19). The maximum Gasteiger partial charge on any atom is 0.371 e. The quantitative estimate of drug-likeness (QED) is 0.765.